The SMILES string of the molecule is Cc1cc(S(=O)(=O)NC(C)(C)CBr)sc1Cl. The Kier molecular flexibility index (Phi) is 4.46. The Morgan fingerprint density at radius 2 is 2.12 bits per heavy atom. The number of aryl methyl sites for hydroxylation is 1. The normalized spacial score (nSPS) is 13.1. The molecule has 92 valence electrons. The summed E-state index contributed by atoms with van der Waals surface area (Å²) in [5.74, 6) is 0. The molecular weight excluding hydrogens is 334 g/mol. The van der Waals surface area contributed by atoms with Crippen LogP contribution in [0, 0.1) is 6.92 Å². The maximum Gasteiger partial charge on any atom is 0.250 e. The van der Waals surface area contributed by atoms with E-state index < -0.39 is 15.6 Å². The van der Waals surface area contributed by atoms with Crippen molar-refractivity contribution in [2.75, 3.05) is 5.33 Å². The molecule has 0 fully saturated rings. The quantitative estimate of drug-likeness (QED) is 0.851. The highest BCUT2D eigenvalue weighted by molar-refractivity contribution is 9.09. The molecule has 0 unspecified atom stereocenters. The van der Waals surface area contributed by atoms with Gasteiger partial charge < -0.3 is 0 Å². The topological polar surface area (TPSA) is 46.2 Å². The Hall–Kier alpha value is 0.380. The third kappa shape index (κ3) is 3.43. The summed E-state index contributed by atoms with van der Waals surface area (Å²) in [6.07, 6.45) is 0. The lowest BCUT2D eigenvalue weighted by Gasteiger charge is -2.22. The highest BCUT2D eigenvalue weighted by Crippen LogP contribution is 2.30. The van der Waals surface area contributed by atoms with Gasteiger partial charge in [0, 0.05) is 10.9 Å². The maximum absolute atomic E-state index is 12.0. The van der Waals surface area contributed by atoms with Crippen LogP contribution in [0.15, 0.2) is 10.3 Å². The lowest BCUT2D eigenvalue weighted by molar-refractivity contribution is 0.501. The van der Waals surface area contributed by atoms with Gasteiger partial charge in [-0.3, -0.25) is 0 Å². The van der Waals surface area contributed by atoms with E-state index in [2.05, 4.69) is 20.7 Å². The minimum atomic E-state index is -3.48. The van der Waals surface area contributed by atoms with Crippen LogP contribution in [-0.2, 0) is 10.0 Å². The van der Waals surface area contributed by atoms with Gasteiger partial charge in [-0.2, -0.15) is 0 Å². The van der Waals surface area contributed by atoms with E-state index in [1.165, 1.54) is 0 Å². The molecular formula is C9H13BrClNO2S2. The Morgan fingerprint density at radius 3 is 2.50 bits per heavy atom. The van der Waals surface area contributed by atoms with Gasteiger partial charge in [-0.25, -0.2) is 13.1 Å². The molecule has 7 heteroatoms. The lowest BCUT2D eigenvalue weighted by Crippen LogP contribution is -2.44. The van der Waals surface area contributed by atoms with Gasteiger partial charge >= 0.3 is 0 Å². The summed E-state index contributed by atoms with van der Waals surface area (Å²) in [4.78, 5) is 0. The fraction of sp³-hybridized carbons (Fsp3) is 0.556. The van der Waals surface area contributed by atoms with Gasteiger partial charge in [-0.15, -0.1) is 11.3 Å². The van der Waals surface area contributed by atoms with Crippen molar-refractivity contribution < 1.29 is 8.42 Å². The molecule has 0 atom stereocenters. The van der Waals surface area contributed by atoms with Gasteiger partial charge in [0.2, 0.25) is 0 Å². The minimum absolute atomic E-state index is 0.254. The third-order valence-electron chi connectivity index (χ3n) is 1.84. The van der Waals surface area contributed by atoms with Crippen molar-refractivity contribution in [3.8, 4) is 0 Å². The molecule has 16 heavy (non-hydrogen) atoms. The molecule has 1 aromatic heterocycles. The summed E-state index contributed by atoms with van der Waals surface area (Å²) in [5.41, 5.74) is 0.257. The number of rotatable bonds is 4. The molecule has 1 heterocycles. The summed E-state index contributed by atoms with van der Waals surface area (Å²) < 4.78 is 27.4. The van der Waals surface area contributed by atoms with E-state index in [4.69, 9.17) is 11.6 Å². The van der Waals surface area contributed by atoms with Crippen LogP contribution in [0.25, 0.3) is 0 Å². The van der Waals surface area contributed by atoms with Crippen LogP contribution in [0.2, 0.25) is 4.34 Å². The predicted molar refractivity (Wildman–Crippen MR) is 72.3 cm³/mol. The average Bonchev–Trinajstić information content (AvgIpc) is 2.46. The predicted octanol–water partition coefficient (Wildman–Crippen LogP) is 3.16. The van der Waals surface area contributed by atoms with E-state index >= 15 is 0 Å². The molecule has 0 saturated carbocycles. The number of alkyl halides is 1. The Balaban J connectivity index is 3.04. The molecule has 1 rings (SSSR count). The zero-order valence-electron chi connectivity index (χ0n) is 9.17. The molecule has 0 aromatic carbocycles. The van der Waals surface area contributed by atoms with Crippen molar-refractivity contribution in [1.29, 1.82) is 0 Å². The van der Waals surface area contributed by atoms with Crippen LogP contribution < -0.4 is 4.72 Å². The summed E-state index contributed by atoms with van der Waals surface area (Å²) >= 11 is 10.2. The van der Waals surface area contributed by atoms with Crippen LogP contribution in [0.1, 0.15) is 19.4 Å². The van der Waals surface area contributed by atoms with E-state index in [9.17, 15) is 8.42 Å². The molecule has 3 nitrogen and oxygen atoms in total. The number of hydrogen-bond donors (Lipinski definition) is 1. The van der Waals surface area contributed by atoms with Gasteiger partial charge in [0.15, 0.2) is 0 Å². The van der Waals surface area contributed by atoms with Crippen molar-refractivity contribution in [1.82, 2.24) is 4.72 Å². The van der Waals surface area contributed by atoms with Crippen LogP contribution in [0.4, 0.5) is 0 Å². The highest BCUT2D eigenvalue weighted by Gasteiger charge is 2.26. The number of thiophene rings is 1. The summed E-state index contributed by atoms with van der Waals surface area (Å²) in [5, 5.41) is 0.539. The summed E-state index contributed by atoms with van der Waals surface area (Å²) in [7, 11) is -3.48. The van der Waals surface area contributed by atoms with E-state index in [0.717, 1.165) is 16.9 Å². The Bertz CT molecular complexity index is 462. The maximum atomic E-state index is 12.0. The van der Waals surface area contributed by atoms with E-state index in [0.29, 0.717) is 9.67 Å². The van der Waals surface area contributed by atoms with Crippen molar-refractivity contribution in [3.63, 3.8) is 0 Å². The largest absolute Gasteiger partial charge is 0.250 e. The number of nitrogens with one attached hydrogen (secondary N) is 1. The first-order chi connectivity index (χ1) is 7.18. The second-order valence-electron chi connectivity index (χ2n) is 4.15. The zero-order chi connectivity index (χ0) is 12.6. The van der Waals surface area contributed by atoms with Gasteiger partial charge in [-0.05, 0) is 32.4 Å². The van der Waals surface area contributed by atoms with Crippen LogP contribution in [0.3, 0.4) is 0 Å². The molecule has 1 aromatic rings. The standard InChI is InChI=1S/C9H13BrClNO2S2/c1-6-4-7(15-8(6)11)16(13,14)12-9(2,3)5-10/h4,12H,5H2,1-3H3. The molecule has 0 saturated heterocycles. The summed E-state index contributed by atoms with van der Waals surface area (Å²) in [6, 6.07) is 1.58. The van der Waals surface area contributed by atoms with Crippen LogP contribution >= 0.6 is 38.9 Å². The Labute approximate surface area is 113 Å². The number of sulfonamides is 1. The van der Waals surface area contributed by atoms with Crippen molar-refractivity contribution in [3.05, 3.63) is 16.0 Å². The van der Waals surface area contributed by atoms with Crippen LogP contribution in [-0.4, -0.2) is 19.3 Å². The second-order valence-corrected chi connectivity index (χ2v) is 8.27. The molecule has 0 bridgehead atoms. The number of hydrogen-bond acceptors (Lipinski definition) is 3. The monoisotopic (exact) mass is 345 g/mol. The molecule has 0 aliphatic carbocycles. The lowest BCUT2D eigenvalue weighted by atomic mass is 10.1. The van der Waals surface area contributed by atoms with Crippen molar-refractivity contribution >= 4 is 48.9 Å². The molecule has 0 amide bonds. The first-order valence-electron chi connectivity index (χ1n) is 4.54. The summed E-state index contributed by atoms with van der Waals surface area (Å²) in [6.45, 7) is 5.40. The minimum Gasteiger partial charge on any atom is -0.206 e. The van der Waals surface area contributed by atoms with E-state index in [-0.39, 0.29) is 4.21 Å². The first kappa shape index (κ1) is 14.4. The van der Waals surface area contributed by atoms with Gasteiger partial charge in [0.25, 0.3) is 10.0 Å². The Morgan fingerprint density at radius 1 is 1.56 bits per heavy atom. The average molecular weight is 347 g/mol. The fourth-order valence-electron chi connectivity index (χ4n) is 1.01. The fourth-order valence-corrected chi connectivity index (χ4v) is 4.45. The number of halogens is 2. The van der Waals surface area contributed by atoms with Gasteiger partial charge in [0.1, 0.15) is 4.21 Å². The molecule has 0 spiro atoms. The van der Waals surface area contributed by atoms with Crippen molar-refractivity contribution in [2.45, 2.75) is 30.5 Å². The van der Waals surface area contributed by atoms with E-state index in [1.54, 1.807) is 26.8 Å². The molecule has 0 aliphatic rings. The van der Waals surface area contributed by atoms with Gasteiger partial charge in [-0.1, -0.05) is 27.5 Å². The van der Waals surface area contributed by atoms with E-state index in [1.807, 2.05) is 0 Å². The molecule has 1 N–H and O–H groups in total. The molecule has 0 radical (unpaired) electrons. The van der Waals surface area contributed by atoms with Crippen molar-refractivity contribution in [2.24, 2.45) is 0 Å². The molecule has 0 aliphatic heterocycles. The zero-order valence-corrected chi connectivity index (χ0v) is 13.1. The third-order valence-corrected chi connectivity index (χ3v) is 6.97. The smallest absolute Gasteiger partial charge is 0.206 e. The first-order valence-corrected chi connectivity index (χ1v) is 8.34. The highest BCUT2D eigenvalue weighted by atomic mass is 79.9. The van der Waals surface area contributed by atoms with Crippen LogP contribution in [0.5, 0.6) is 0 Å². The second kappa shape index (κ2) is 4.94. The van der Waals surface area contributed by atoms with Gasteiger partial charge in [0.05, 0.1) is 4.34 Å².